The minimum absolute atomic E-state index is 0.183. The maximum Gasteiger partial charge on any atom is 0.417 e. The van der Waals surface area contributed by atoms with E-state index in [9.17, 15) is 27.6 Å². The minimum atomic E-state index is -4.75. The molecule has 0 bridgehead atoms. The van der Waals surface area contributed by atoms with E-state index in [1.165, 1.54) is 6.07 Å². The van der Waals surface area contributed by atoms with Gasteiger partial charge >= 0.3 is 6.18 Å². The van der Waals surface area contributed by atoms with Crippen molar-refractivity contribution in [1.82, 2.24) is 4.90 Å². The summed E-state index contributed by atoms with van der Waals surface area (Å²) in [6, 6.07) is 9.96. The van der Waals surface area contributed by atoms with Gasteiger partial charge in [0.2, 0.25) is 11.8 Å². The zero-order valence-electron chi connectivity index (χ0n) is 18.7. The number of likely N-dealkylation sites (N-methyl/N-ethyl adjacent to an activating group) is 1. The first-order chi connectivity index (χ1) is 16.6. The van der Waals surface area contributed by atoms with Crippen LogP contribution in [0.15, 0.2) is 42.5 Å². The maximum atomic E-state index is 14.1. The van der Waals surface area contributed by atoms with Gasteiger partial charge in [0, 0.05) is 23.8 Å². The van der Waals surface area contributed by atoms with Crippen LogP contribution in [0.2, 0.25) is 5.02 Å². The Labute approximate surface area is 204 Å². The molecule has 0 N–H and O–H groups in total. The van der Waals surface area contributed by atoms with Gasteiger partial charge in [-0.05, 0) is 50.6 Å². The predicted octanol–water partition coefficient (Wildman–Crippen LogP) is 4.20. The van der Waals surface area contributed by atoms with Crippen molar-refractivity contribution in [3.8, 4) is 0 Å². The highest BCUT2D eigenvalue weighted by molar-refractivity contribution is 6.32. The molecule has 4 aliphatic rings. The molecule has 35 heavy (non-hydrogen) atoms. The number of alkyl halides is 3. The molecular weight excluding hydrogens is 483 g/mol. The molecule has 10 heteroatoms. The molecule has 4 heterocycles. The molecular formula is C25H21ClF3N3O3. The summed E-state index contributed by atoms with van der Waals surface area (Å²) in [6.07, 6.45) is -3.36. The van der Waals surface area contributed by atoms with Gasteiger partial charge in [0.05, 0.1) is 28.1 Å². The zero-order chi connectivity index (χ0) is 24.9. The lowest BCUT2D eigenvalue weighted by molar-refractivity contribution is -0.137. The van der Waals surface area contributed by atoms with Crippen molar-refractivity contribution < 1.29 is 27.6 Å². The molecule has 0 saturated carbocycles. The smallest absolute Gasteiger partial charge is 0.310 e. The molecule has 0 aliphatic carbocycles. The van der Waals surface area contributed by atoms with Gasteiger partial charge in [0.1, 0.15) is 5.54 Å². The highest BCUT2D eigenvalue weighted by Crippen LogP contribution is 2.61. The lowest BCUT2D eigenvalue weighted by Gasteiger charge is -2.37. The maximum absolute atomic E-state index is 14.1. The van der Waals surface area contributed by atoms with Gasteiger partial charge in [-0.25, -0.2) is 4.90 Å². The van der Waals surface area contributed by atoms with Crippen LogP contribution in [0.5, 0.6) is 0 Å². The van der Waals surface area contributed by atoms with Crippen LogP contribution in [0.4, 0.5) is 24.5 Å². The topological polar surface area (TPSA) is 60.9 Å². The van der Waals surface area contributed by atoms with Gasteiger partial charge in [0.15, 0.2) is 0 Å². The SMILES string of the molecule is CCN1C(=O)C2(c3ccccc31)C1C(=O)N(c3ccc(Cl)c(C(F)(F)F)c3)C(=O)C1C1CCCN12. The van der Waals surface area contributed by atoms with Crippen LogP contribution in [0.25, 0.3) is 0 Å². The van der Waals surface area contributed by atoms with Crippen LogP contribution in [0.3, 0.4) is 0 Å². The molecule has 2 aromatic carbocycles. The molecule has 4 unspecified atom stereocenters. The summed E-state index contributed by atoms with van der Waals surface area (Å²) in [5.74, 6) is -3.30. The van der Waals surface area contributed by atoms with E-state index in [1.807, 2.05) is 30.0 Å². The van der Waals surface area contributed by atoms with E-state index < -0.39 is 46.0 Å². The lowest BCUT2D eigenvalue weighted by atomic mass is 9.75. The predicted molar refractivity (Wildman–Crippen MR) is 122 cm³/mol. The van der Waals surface area contributed by atoms with Crippen molar-refractivity contribution in [2.24, 2.45) is 11.8 Å². The average Bonchev–Trinajstić information content (AvgIpc) is 3.51. The van der Waals surface area contributed by atoms with E-state index in [-0.39, 0.29) is 17.6 Å². The third-order valence-electron chi connectivity index (χ3n) is 7.97. The number of hydrogen-bond donors (Lipinski definition) is 0. The van der Waals surface area contributed by atoms with Gasteiger partial charge in [0.25, 0.3) is 5.91 Å². The van der Waals surface area contributed by atoms with Crippen LogP contribution in [-0.2, 0) is 26.1 Å². The molecule has 182 valence electrons. The highest BCUT2D eigenvalue weighted by Gasteiger charge is 2.75. The van der Waals surface area contributed by atoms with Crippen LogP contribution in [0.1, 0.15) is 30.9 Å². The quantitative estimate of drug-likeness (QED) is 0.576. The van der Waals surface area contributed by atoms with Crippen LogP contribution < -0.4 is 9.80 Å². The second kappa shape index (κ2) is 7.30. The van der Waals surface area contributed by atoms with Crippen molar-refractivity contribution in [1.29, 1.82) is 0 Å². The van der Waals surface area contributed by atoms with Gasteiger partial charge in [-0.2, -0.15) is 13.2 Å². The number of para-hydroxylation sites is 1. The van der Waals surface area contributed by atoms with E-state index in [0.717, 1.165) is 23.5 Å². The fourth-order valence-corrected chi connectivity index (χ4v) is 7.00. The first kappa shape index (κ1) is 22.5. The molecule has 0 radical (unpaired) electrons. The molecule has 4 atom stereocenters. The molecule has 4 aliphatic heterocycles. The van der Waals surface area contributed by atoms with Crippen LogP contribution in [0, 0.1) is 11.8 Å². The van der Waals surface area contributed by atoms with Gasteiger partial charge in [-0.3, -0.25) is 19.3 Å². The monoisotopic (exact) mass is 503 g/mol. The fourth-order valence-electron chi connectivity index (χ4n) is 6.78. The van der Waals surface area contributed by atoms with Crippen molar-refractivity contribution >= 4 is 40.7 Å². The van der Waals surface area contributed by atoms with Crippen molar-refractivity contribution in [2.45, 2.75) is 37.5 Å². The Morgan fingerprint density at radius 3 is 2.54 bits per heavy atom. The Morgan fingerprint density at radius 1 is 1.09 bits per heavy atom. The number of carbonyl (C=O) groups is 3. The summed E-state index contributed by atoms with van der Waals surface area (Å²) >= 11 is 5.77. The number of imide groups is 1. The number of amides is 3. The van der Waals surface area contributed by atoms with E-state index in [4.69, 9.17) is 11.6 Å². The van der Waals surface area contributed by atoms with Crippen LogP contribution in [-0.4, -0.2) is 41.8 Å². The summed E-state index contributed by atoms with van der Waals surface area (Å²) in [5, 5.41) is -0.516. The minimum Gasteiger partial charge on any atom is -0.310 e. The number of nitrogens with zero attached hydrogens (tertiary/aromatic N) is 3. The highest BCUT2D eigenvalue weighted by atomic mass is 35.5. The summed E-state index contributed by atoms with van der Waals surface area (Å²) in [5.41, 5.74) is -1.26. The summed E-state index contributed by atoms with van der Waals surface area (Å²) in [6.45, 7) is 2.81. The van der Waals surface area contributed by atoms with Crippen LogP contribution >= 0.6 is 11.6 Å². The fraction of sp³-hybridized carbons (Fsp3) is 0.400. The summed E-state index contributed by atoms with van der Waals surface area (Å²) < 4.78 is 40.6. The normalized spacial score (nSPS) is 30.0. The molecule has 3 amide bonds. The van der Waals surface area contributed by atoms with Crippen molar-refractivity contribution in [3.63, 3.8) is 0 Å². The van der Waals surface area contributed by atoms with Gasteiger partial charge in [-0.1, -0.05) is 29.8 Å². The second-order valence-corrected chi connectivity index (χ2v) is 9.82. The molecule has 2 aromatic rings. The number of anilines is 2. The molecule has 6 nitrogen and oxygen atoms in total. The number of fused-ring (bicyclic) bond motifs is 7. The van der Waals surface area contributed by atoms with E-state index in [1.54, 1.807) is 11.0 Å². The molecule has 3 saturated heterocycles. The molecule has 0 aromatic heterocycles. The number of rotatable bonds is 2. The van der Waals surface area contributed by atoms with Crippen molar-refractivity contribution in [2.75, 3.05) is 22.9 Å². The Kier molecular flexibility index (Phi) is 4.70. The van der Waals surface area contributed by atoms with Crippen molar-refractivity contribution in [3.05, 3.63) is 58.6 Å². The first-order valence-corrected chi connectivity index (χ1v) is 11.9. The number of benzene rings is 2. The Balaban J connectivity index is 1.53. The van der Waals surface area contributed by atoms with E-state index >= 15 is 0 Å². The van der Waals surface area contributed by atoms with E-state index in [2.05, 4.69) is 0 Å². The van der Waals surface area contributed by atoms with Gasteiger partial charge < -0.3 is 4.90 Å². The number of halogens is 4. The second-order valence-electron chi connectivity index (χ2n) is 9.41. The van der Waals surface area contributed by atoms with Gasteiger partial charge in [-0.15, -0.1) is 0 Å². The third kappa shape index (κ3) is 2.68. The Morgan fingerprint density at radius 2 is 1.83 bits per heavy atom. The summed E-state index contributed by atoms with van der Waals surface area (Å²) in [4.78, 5) is 46.3. The number of carbonyl (C=O) groups excluding carboxylic acids is 3. The third-order valence-corrected chi connectivity index (χ3v) is 8.30. The molecule has 1 spiro atoms. The molecule has 3 fully saturated rings. The largest absolute Gasteiger partial charge is 0.417 e. The standard InChI is InChI=1S/C25H21ClF3N3O3/c1-2-30-17-7-4-3-6-14(17)24(23(30)35)20-19(18-8-5-11-31(18)24)21(33)32(22(20)34)13-9-10-16(26)15(12-13)25(27,28)29/h3-4,6-7,9-10,12,18-20H,2,5,8,11H2,1H3. The average molecular weight is 504 g/mol. The number of hydrogen-bond acceptors (Lipinski definition) is 4. The van der Waals surface area contributed by atoms with E-state index in [0.29, 0.717) is 30.8 Å². The summed E-state index contributed by atoms with van der Waals surface area (Å²) in [7, 11) is 0. The first-order valence-electron chi connectivity index (χ1n) is 11.6. The lowest BCUT2D eigenvalue weighted by Crippen LogP contribution is -2.56. The Hall–Kier alpha value is -2.91. The molecule has 6 rings (SSSR count). The zero-order valence-corrected chi connectivity index (χ0v) is 19.4. The Bertz CT molecular complexity index is 1300.